The Hall–Kier alpha value is -0.0634. The van der Waals surface area contributed by atoms with Crippen molar-refractivity contribution in [3.8, 4) is 0 Å². The van der Waals surface area contributed by atoms with Crippen LogP contribution in [0.4, 0.5) is 26.3 Å². The minimum atomic E-state index is -5.03. The van der Waals surface area contributed by atoms with Crippen LogP contribution in [0.5, 0.6) is 0 Å². The molecule has 0 aliphatic carbocycles. The molecule has 0 aliphatic heterocycles. The van der Waals surface area contributed by atoms with Crippen LogP contribution in [0, 0.1) is 13.1 Å². The first-order valence-electron chi connectivity index (χ1n) is 3.49. The SMILES string of the molecule is [C-]#[N+]C(CC([N+]#[C-])C(F)(F)F)C(F)(F)F.[Pt].[Pt]. The standard InChI is InChI=1S/C7H4F6N2.2Pt/c1-14-4(6(8,9)10)3-5(15-2)7(11,12)13;;/h4-5H,3H2;;. The van der Waals surface area contributed by atoms with Gasteiger partial charge in [-0.3, -0.25) is 0 Å². The van der Waals surface area contributed by atoms with E-state index in [4.69, 9.17) is 13.1 Å². The second kappa shape index (κ2) is 8.11. The van der Waals surface area contributed by atoms with Gasteiger partial charge in [0.25, 0.3) is 0 Å². The normalized spacial score (nSPS) is 14.4. The van der Waals surface area contributed by atoms with Crippen LogP contribution < -0.4 is 0 Å². The van der Waals surface area contributed by atoms with Gasteiger partial charge in [0.15, 0.2) is 0 Å². The first-order valence-corrected chi connectivity index (χ1v) is 3.49. The fourth-order valence-electron chi connectivity index (χ4n) is 0.731. The van der Waals surface area contributed by atoms with E-state index >= 15 is 0 Å². The first kappa shape index (κ1) is 22.1. The van der Waals surface area contributed by atoms with Crippen molar-refractivity contribution in [2.75, 3.05) is 0 Å². The van der Waals surface area contributed by atoms with Gasteiger partial charge >= 0.3 is 24.4 Å². The van der Waals surface area contributed by atoms with Crippen LogP contribution in [0.25, 0.3) is 9.69 Å². The molecular formula is C7H4F6N2Pt2. The summed E-state index contributed by atoms with van der Waals surface area (Å²) in [5.74, 6) is 0. The van der Waals surface area contributed by atoms with Gasteiger partial charge in [-0.05, 0) is 0 Å². The third-order valence-corrected chi connectivity index (χ3v) is 1.51. The Morgan fingerprint density at radius 1 is 0.765 bits per heavy atom. The van der Waals surface area contributed by atoms with Crippen molar-refractivity contribution < 1.29 is 68.5 Å². The van der Waals surface area contributed by atoms with Crippen LogP contribution in [0.15, 0.2) is 0 Å². The van der Waals surface area contributed by atoms with Gasteiger partial charge in [0.1, 0.15) is 6.42 Å². The van der Waals surface area contributed by atoms with Crippen LogP contribution in [-0.4, -0.2) is 24.4 Å². The Kier molecular flexibility index (Phi) is 10.6. The van der Waals surface area contributed by atoms with E-state index in [0.29, 0.717) is 0 Å². The largest absolute Gasteiger partial charge is 0.466 e. The van der Waals surface area contributed by atoms with Gasteiger partial charge in [0.2, 0.25) is 0 Å². The summed E-state index contributed by atoms with van der Waals surface area (Å²) in [6.07, 6.45) is -11.6. The van der Waals surface area contributed by atoms with Gasteiger partial charge in [-0.1, -0.05) is 0 Å². The van der Waals surface area contributed by atoms with Crippen molar-refractivity contribution in [2.24, 2.45) is 0 Å². The van der Waals surface area contributed by atoms with Crippen molar-refractivity contribution in [1.82, 2.24) is 0 Å². The molecule has 0 saturated heterocycles. The zero-order chi connectivity index (χ0) is 12.3. The predicted octanol–water partition coefficient (Wildman–Crippen LogP) is 3.07. The molecule has 0 spiro atoms. The summed E-state index contributed by atoms with van der Waals surface area (Å²) in [5, 5.41) is 0. The van der Waals surface area contributed by atoms with Crippen LogP contribution in [0.1, 0.15) is 6.42 Å². The molecule has 2 unspecified atom stereocenters. The topological polar surface area (TPSA) is 8.72 Å². The van der Waals surface area contributed by atoms with E-state index in [1.165, 1.54) is 0 Å². The molecule has 0 aromatic heterocycles. The van der Waals surface area contributed by atoms with Gasteiger partial charge in [0.05, 0.1) is 0 Å². The third-order valence-electron chi connectivity index (χ3n) is 1.51. The number of hydrogen-bond donors (Lipinski definition) is 0. The minimum absolute atomic E-state index is 0. The summed E-state index contributed by atoms with van der Waals surface area (Å²) < 4.78 is 71.5. The van der Waals surface area contributed by atoms with Gasteiger partial charge < -0.3 is 9.69 Å². The van der Waals surface area contributed by atoms with E-state index < -0.39 is 30.9 Å². The predicted molar refractivity (Wildman–Crippen MR) is 37.5 cm³/mol. The molecular weight excluding hydrogens is 616 g/mol. The maximum atomic E-state index is 11.9. The molecule has 0 amide bonds. The molecule has 104 valence electrons. The number of halogens is 6. The zero-order valence-electron chi connectivity index (χ0n) is 7.66. The first-order chi connectivity index (χ1) is 6.62. The minimum Gasteiger partial charge on any atom is -0.303 e. The number of hydrogen-bond acceptors (Lipinski definition) is 0. The molecule has 10 heteroatoms. The molecule has 0 N–H and O–H groups in total. The second-order valence-corrected chi connectivity index (χ2v) is 2.61. The van der Waals surface area contributed by atoms with Gasteiger partial charge in [-0.25, -0.2) is 13.1 Å². The zero-order valence-corrected chi connectivity index (χ0v) is 12.2. The summed E-state index contributed by atoms with van der Waals surface area (Å²) in [6, 6.07) is -5.56. The third kappa shape index (κ3) is 7.79. The molecule has 0 aliphatic rings. The molecule has 0 bridgehead atoms. The molecule has 0 aromatic rings. The van der Waals surface area contributed by atoms with Crippen molar-refractivity contribution >= 4 is 0 Å². The molecule has 2 atom stereocenters. The molecule has 2 nitrogen and oxygen atoms in total. The average molecular weight is 620 g/mol. The quantitative estimate of drug-likeness (QED) is 0.332. The van der Waals surface area contributed by atoms with Crippen LogP contribution in [0.2, 0.25) is 0 Å². The van der Waals surface area contributed by atoms with Crippen molar-refractivity contribution in [1.29, 1.82) is 0 Å². The number of nitrogens with zero attached hydrogens (tertiary/aromatic N) is 2. The van der Waals surface area contributed by atoms with E-state index in [9.17, 15) is 26.3 Å². The summed E-state index contributed by atoms with van der Waals surface area (Å²) in [5.41, 5.74) is 0. The number of rotatable bonds is 2. The monoisotopic (exact) mass is 620 g/mol. The Bertz CT molecular complexity index is 269. The van der Waals surface area contributed by atoms with E-state index in [-0.39, 0.29) is 42.1 Å². The summed E-state index contributed by atoms with van der Waals surface area (Å²) >= 11 is 0. The van der Waals surface area contributed by atoms with Crippen molar-refractivity contribution in [3.05, 3.63) is 22.8 Å². The summed E-state index contributed by atoms with van der Waals surface area (Å²) in [4.78, 5) is 4.08. The van der Waals surface area contributed by atoms with Gasteiger partial charge in [0, 0.05) is 42.1 Å². The molecule has 0 aromatic carbocycles. The Balaban J connectivity index is -0.000000980. The molecule has 0 fully saturated rings. The van der Waals surface area contributed by atoms with Gasteiger partial charge in [-0.15, -0.1) is 0 Å². The van der Waals surface area contributed by atoms with E-state index in [1.54, 1.807) is 0 Å². The molecule has 0 saturated carbocycles. The second-order valence-electron chi connectivity index (χ2n) is 2.61. The summed E-state index contributed by atoms with van der Waals surface area (Å²) in [6.45, 7) is 12.2. The van der Waals surface area contributed by atoms with Crippen molar-refractivity contribution in [2.45, 2.75) is 30.9 Å². The van der Waals surface area contributed by atoms with Crippen LogP contribution in [-0.2, 0) is 42.1 Å². The Morgan fingerprint density at radius 2 is 1.00 bits per heavy atom. The smallest absolute Gasteiger partial charge is 0.303 e. The van der Waals surface area contributed by atoms with Gasteiger partial charge in [-0.2, -0.15) is 26.3 Å². The molecule has 0 rings (SSSR count). The van der Waals surface area contributed by atoms with Crippen molar-refractivity contribution in [3.63, 3.8) is 0 Å². The fourth-order valence-corrected chi connectivity index (χ4v) is 0.731. The molecule has 0 radical (unpaired) electrons. The molecule has 0 heterocycles. The van der Waals surface area contributed by atoms with Crippen LogP contribution >= 0.6 is 0 Å². The average Bonchev–Trinajstić information content (AvgIpc) is 2.01. The maximum absolute atomic E-state index is 11.9. The van der Waals surface area contributed by atoms with Crippen LogP contribution in [0.3, 0.4) is 0 Å². The van der Waals surface area contributed by atoms with E-state index in [0.717, 1.165) is 0 Å². The van der Waals surface area contributed by atoms with E-state index in [1.807, 2.05) is 9.69 Å². The Morgan fingerprint density at radius 3 is 1.12 bits per heavy atom. The maximum Gasteiger partial charge on any atom is 0.466 e. The number of alkyl halides is 6. The fraction of sp³-hybridized carbons (Fsp3) is 0.714. The summed E-state index contributed by atoms with van der Waals surface area (Å²) in [7, 11) is 0. The molecule has 17 heavy (non-hydrogen) atoms. The Labute approximate surface area is 122 Å². The van der Waals surface area contributed by atoms with E-state index in [2.05, 4.69) is 0 Å².